The van der Waals surface area contributed by atoms with E-state index in [1.165, 1.54) is 27.2 Å². The Morgan fingerprint density at radius 2 is 1.53 bits per heavy atom. The van der Waals surface area contributed by atoms with Crippen LogP contribution in [-0.2, 0) is 11.2 Å². The third-order valence-corrected chi connectivity index (χ3v) is 10.2. The molecular weight excluding hydrogens is 656 g/mol. The van der Waals surface area contributed by atoms with Crippen molar-refractivity contribution in [2.45, 2.75) is 68.6 Å². The summed E-state index contributed by atoms with van der Waals surface area (Å²) in [6.07, 6.45) is 0.285. The van der Waals surface area contributed by atoms with Crippen LogP contribution in [-0.4, -0.2) is 48.3 Å². The molecule has 2 aliphatic heterocycles. The lowest BCUT2D eigenvalue weighted by molar-refractivity contribution is -0.0517. The minimum Gasteiger partial charge on any atom is -0.485 e. The number of hydrogen-bond acceptors (Lipinski definition) is 8. The SMILES string of the molecule is CC(C)(OC(=O)c1ccccc1)C1Cc2cc3ccc(=O)oc3cc2O1.CCN(CC)C(C)CN1c2ccccc2Sc2ccccc21.Cl. The number of para-hydroxylation sites is 2. The Balaban J connectivity index is 0.000000190. The van der Waals surface area contributed by atoms with Gasteiger partial charge >= 0.3 is 11.6 Å². The molecule has 3 heterocycles. The Morgan fingerprint density at radius 3 is 2.16 bits per heavy atom. The van der Waals surface area contributed by atoms with Crippen LogP contribution in [0.3, 0.4) is 0 Å². The topological polar surface area (TPSA) is 72.2 Å². The molecule has 0 radical (unpaired) electrons. The van der Waals surface area contributed by atoms with Crippen LogP contribution >= 0.6 is 24.2 Å². The fourth-order valence-electron chi connectivity index (χ4n) is 6.34. The summed E-state index contributed by atoms with van der Waals surface area (Å²) in [6, 6.07) is 33.7. The average Bonchev–Trinajstić information content (AvgIpc) is 3.52. The Labute approximate surface area is 298 Å². The highest BCUT2D eigenvalue weighted by atomic mass is 35.5. The summed E-state index contributed by atoms with van der Waals surface area (Å²) >= 11 is 1.88. The first kappa shape index (κ1) is 36.1. The molecule has 0 saturated heterocycles. The van der Waals surface area contributed by atoms with Gasteiger partial charge in [-0.15, -0.1) is 12.4 Å². The third kappa shape index (κ3) is 7.99. The van der Waals surface area contributed by atoms with Crippen LogP contribution in [0.15, 0.2) is 122 Å². The number of anilines is 2. The number of carbonyl (C=O) groups is 1. The van der Waals surface area contributed by atoms with Gasteiger partial charge < -0.3 is 18.8 Å². The van der Waals surface area contributed by atoms with E-state index in [1.54, 1.807) is 36.4 Å². The standard InChI is InChI=1S/C21H18O5.C19H24N2S.ClH/c1-21(2,26-20(23)13-6-4-3-5-7-13)18-11-15-10-14-8-9-19(22)25-16(14)12-17(15)24-18;1-4-20(5-2)15(3)14-21-16-10-6-8-12-18(16)22-19-13-9-7-11-17(19)21;/h3-10,12,18H,11H2,1-2H3;6-13,15H,4-5,14H2,1-3H3;1H. The summed E-state index contributed by atoms with van der Waals surface area (Å²) in [5.74, 6) is 0.270. The molecule has 0 fully saturated rings. The molecule has 9 heteroatoms. The normalized spacial score (nSPS) is 15.1. The van der Waals surface area contributed by atoms with Crippen molar-refractivity contribution in [1.82, 2.24) is 4.90 Å². The van der Waals surface area contributed by atoms with Crippen molar-refractivity contribution < 1.29 is 18.7 Å². The van der Waals surface area contributed by atoms with E-state index in [0.717, 1.165) is 30.6 Å². The van der Waals surface area contributed by atoms with E-state index < -0.39 is 11.2 Å². The van der Waals surface area contributed by atoms with E-state index >= 15 is 0 Å². The predicted molar refractivity (Wildman–Crippen MR) is 200 cm³/mol. The van der Waals surface area contributed by atoms with Gasteiger partial charge in [0, 0.05) is 46.3 Å². The van der Waals surface area contributed by atoms with Crippen LogP contribution in [0.4, 0.5) is 11.4 Å². The zero-order valence-corrected chi connectivity index (χ0v) is 30.2. The number of esters is 1. The summed E-state index contributed by atoms with van der Waals surface area (Å²) in [6.45, 7) is 13.7. The van der Waals surface area contributed by atoms with Crippen molar-refractivity contribution in [2.75, 3.05) is 24.5 Å². The van der Waals surface area contributed by atoms with Gasteiger partial charge in [0.05, 0.1) is 16.9 Å². The van der Waals surface area contributed by atoms with Crippen molar-refractivity contribution in [3.8, 4) is 5.75 Å². The van der Waals surface area contributed by atoms with Crippen molar-refractivity contribution in [2.24, 2.45) is 0 Å². The maximum absolute atomic E-state index is 12.4. The number of hydrogen-bond donors (Lipinski definition) is 0. The van der Waals surface area contributed by atoms with E-state index in [9.17, 15) is 9.59 Å². The molecule has 4 aromatic carbocycles. The summed E-state index contributed by atoms with van der Waals surface area (Å²) in [5, 5.41) is 0.840. The second-order valence-corrected chi connectivity index (χ2v) is 13.7. The molecule has 0 saturated carbocycles. The molecule has 0 N–H and O–H groups in total. The lowest BCUT2D eigenvalue weighted by Crippen LogP contribution is -2.43. The van der Waals surface area contributed by atoms with Crippen molar-refractivity contribution in [3.63, 3.8) is 0 Å². The van der Waals surface area contributed by atoms with Gasteiger partial charge in [-0.05, 0) is 88.0 Å². The highest BCUT2D eigenvalue weighted by Gasteiger charge is 2.40. The van der Waals surface area contributed by atoms with Gasteiger partial charge in [0.25, 0.3) is 0 Å². The lowest BCUT2D eigenvalue weighted by atomic mass is 9.96. The first-order chi connectivity index (χ1) is 23.2. The van der Waals surface area contributed by atoms with Crippen molar-refractivity contribution in [1.29, 1.82) is 0 Å². The van der Waals surface area contributed by atoms with E-state index in [1.807, 2.05) is 37.7 Å². The summed E-state index contributed by atoms with van der Waals surface area (Å²) in [7, 11) is 0. The Hall–Kier alpha value is -4.24. The largest absolute Gasteiger partial charge is 0.485 e. The molecule has 256 valence electrons. The minimum absolute atomic E-state index is 0. The van der Waals surface area contributed by atoms with Crippen LogP contribution in [0.1, 0.15) is 50.5 Å². The first-order valence-electron chi connectivity index (χ1n) is 16.6. The lowest BCUT2D eigenvalue weighted by Gasteiger charge is -2.37. The summed E-state index contributed by atoms with van der Waals surface area (Å²) in [4.78, 5) is 31.5. The minimum atomic E-state index is -0.820. The zero-order valence-electron chi connectivity index (χ0n) is 28.6. The van der Waals surface area contributed by atoms with Crippen molar-refractivity contribution >= 4 is 52.5 Å². The number of ether oxygens (including phenoxy) is 2. The second-order valence-electron chi connectivity index (χ2n) is 12.6. The van der Waals surface area contributed by atoms with Gasteiger partial charge in [0.2, 0.25) is 0 Å². The van der Waals surface area contributed by atoms with Crippen LogP contribution < -0.4 is 15.3 Å². The molecule has 2 atom stereocenters. The van der Waals surface area contributed by atoms with E-state index in [0.29, 0.717) is 29.4 Å². The van der Waals surface area contributed by atoms with Gasteiger partial charge in [-0.1, -0.05) is 68.1 Å². The number of carbonyl (C=O) groups excluding carboxylic acids is 1. The highest BCUT2D eigenvalue weighted by Crippen LogP contribution is 2.48. The summed E-state index contributed by atoms with van der Waals surface area (Å²) < 4.78 is 16.9. The molecule has 49 heavy (non-hydrogen) atoms. The maximum atomic E-state index is 12.4. The van der Waals surface area contributed by atoms with Crippen LogP contribution in [0.2, 0.25) is 0 Å². The van der Waals surface area contributed by atoms with Gasteiger partial charge in [0.1, 0.15) is 23.0 Å². The molecule has 2 aliphatic rings. The fourth-order valence-corrected chi connectivity index (χ4v) is 7.43. The molecule has 7 nitrogen and oxygen atoms in total. The number of benzene rings is 4. The van der Waals surface area contributed by atoms with Crippen molar-refractivity contribution in [3.05, 3.63) is 125 Å². The Kier molecular flexibility index (Phi) is 11.4. The van der Waals surface area contributed by atoms with Gasteiger partial charge in [-0.2, -0.15) is 0 Å². The first-order valence-corrected chi connectivity index (χ1v) is 17.4. The molecular formula is C40H43ClN2O5S. The number of fused-ring (bicyclic) bond motifs is 4. The molecule has 2 unspecified atom stereocenters. The maximum Gasteiger partial charge on any atom is 0.338 e. The van der Waals surface area contributed by atoms with Gasteiger partial charge in [0.15, 0.2) is 0 Å². The molecule has 7 rings (SSSR count). The van der Waals surface area contributed by atoms with Gasteiger partial charge in [-0.25, -0.2) is 9.59 Å². The molecule has 0 spiro atoms. The fraction of sp³-hybridized carbons (Fsp3) is 0.300. The molecule has 0 amide bonds. The zero-order chi connectivity index (χ0) is 33.8. The number of likely N-dealkylation sites (N-methyl/N-ethyl adjacent to an activating group) is 1. The monoisotopic (exact) mass is 698 g/mol. The highest BCUT2D eigenvalue weighted by molar-refractivity contribution is 7.99. The quantitative estimate of drug-likeness (QED) is 0.117. The number of rotatable bonds is 8. The second kappa shape index (κ2) is 15.5. The molecule has 0 aliphatic carbocycles. The van der Waals surface area contributed by atoms with E-state index in [4.69, 9.17) is 13.9 Å². The molecule has 5 aromatic rings. The van der Waals surface area contributed by atoms with E-state index in [2.05, 4.69) is 79.1 Å². The smallest absolute Gasteiger partial charge is 0.338 e. The molecule has 1 aromatic heterocycles. The number of nitrogens with zero attached hydrogens (tertiary/aromatic N) is 2. The molecule has 0 bridgehead atoms. The summed E-state index contributed by atoms with van der Waals surface area (Å²) in [5.41, 5.74) is 3.44. The Morgan fingerprint density at radius 1 is 0.918 bits per heavy atom. The third-order valence-electron chi connectivity index (χ3n) is 9.03. The Bertz CT molecular complexity index is 1910. The van der Waals surface area contributed by atoms with Crippen LogP contribution in [0, 0.1) is 0 Å². The number of halogens is 1. The average molecular weight is 699 g/mol. The van der Waals surface area contributed by atoms with Crippen LogP contribution in [0.25, 0.3) is 11.0 Å². The van der Waals surface area contributed by atoms with Gasteiger partial charge in [-0.3, -0.25) is 4.90 Å². The van der Waals surface area contributed by atoms with Crippen LogP contribution in [0.5, 0.6) is 5.75 Å². The van der Waals surface area contributed by atoms with E-state index in [-0.39, 0.29) is 24.5 Å². The predicted octanol–water partition coefficient (Wildman–Crippen LogP) is 9.17.